The van der Waals surface area contributed by atoms with E-state index in [0.29, 0.717) is 0 Å². The van der Waals surface area contributed by atoms with Crippen LogP contribution in [0.3, 0.4) is 0 Å². The van der Waals surface area contributed by atoms with Crippen LogP contribution in [0.1, 0.15) is 0 Å². The molecule has 0 fully saturated rings. The van der Waals surface area contributed by atoms with Gasteiger partial charge in [0.1, 0.15) is 5.52 Å². The molecule has 37 heavy (non-hydrogen) atoms. The maximum Gasteiger partial charge on any atom is 0.223 e. The minimum absolute atomic E-state index is 0.900. The molecule has 10 aromatic rings. The van der Waals surface area contributed by atoms with Crippen LogP contribution in [-0.2, 0) is 0 Å². The van der Waals surface area contributed by atoms with Crippen molar-refractivity contribution in [2.24, 2.45) is 0 Å². The Morgan fingerprint density at radius 3 is 1.84 bits per heavy atom. The fourth-order valence-corrected chi connectivity index (χ4v) is 6.68. The number of aromatic nitrogens is 5. The third-order valence-corrected chi connectivity index (χ3v) is 8.14. The lowest BCUT2D eigenvalue weighted by Crippen LogP contribution is -1.88. The van der Waals surface area contributed by atoms with Gasteiger partial charge in [-0.3, -0.25) is 8.80 Å². The molecule has 0 aliphatic rings. The van der Waals surface area contributed by atoms with Crippen molar-refractivity contribution in [3.63, 3.8) is 0 Å². The van der Waals surface area contributed by atoms with E-state index in [9.17, 15) is 0 Å². The molecule has 0 amide bonds. The molecule has 4 heterocycles. The maximum absolute atomic E-state index is 5.34. The molecule has 5 heteroatoms. The van der Waals surface area contributed by atoms with Crippen molar-refractivity contribution in [1.29, 1.82) is 0 Å². The van der Waals surface area contributed by atoms with Gasteiger partial charge < -0.3 is 0 Å². The smallest absolute Gasteiger partial charge is 0.223 e. The van der Waals surface area contributed by atoms with Crippen molar-refractivity contribution >= 4 is 82.5 Å². The van der Waals surface area contributed by atoms with E-state index in [2.05, 4.69) is 116 Å². The first kappa shape index (κ1) is 18.2. The van der Waals surface area contributed by atoms with Gasteiger partial charge in [-0.05, 0) is 34.4 Å². The first-order valence-corrected chi connectivity index (χ1v) is 12.5. The molecule has 6 aromatic carbocycles. The Hall–Kier alpha value is -5.16. The Morgan fingerprint density at radius 2 is 1.03 bits per heavy atom. The van der Waals surface area contributed by atoms with Gasteiger partial charge in [0.15, 0.2) is 0 Å². The SMILES string of the molecule is c1ccc2c(c1)ccc1nc3n(c4cccc5c4n3c3nc4c6ccccc6c6ccccc6c4n53)c12. The number of rotatable bonds is 0. The molecule has 0 atom stereocenters. The van der Waals surface area contributed by atoms with Gasteiger partial charge in [-0.1, -0.05) is 84.9 Å². The summed E-state index contributed by atoms with van der Waals surface area (Å²) in [6.07, 6.45) is 0. The summed E-state index contributed by atoms with van der Waals surface area (Å²) in [4.78, 5) is 10.5. The van der Waals surface area contributed by atoms with E-state index in [-0.39, 0.29) is 0 Å². The molecule has 0 bridgehead atoms. The lowest BCUT2D eigenvalue weighted by Gasteiger charge is -2.07. The fourth-order valence-electron chi connectivity index (χ4n) is 6.68. The predicted octanol–water partition coefficient (Wildman–Crippen LogP) is 7.59. The van der Waals surface area contributed by atoms with Crippen molar-refractivity contribution < 1.29 is 0 Å². The highest BCUT2D eigenvalue weighted by Gasteiger charge is 2.25. The van der Waals surface area contributed by atoms with Crippen molar-refractivity contribution in [3.05, 3.63) is 103 Å². The van der Waals surface area contributed by atoms with Gasteiger partial charge in [0.25, 0.3) is 0 Å². The molecular weight excluding hydrogens is 454 g/mol. The van der Waals surface area contributed by atoms with Crippen LogP contribution in [0.15, 0.2) is 103 Å². The van der Waals surface area contributed by atoms with Crippen molar-refractivity contribution in [3.8, 4) is 0 Å². The molecule has 0 saturated carbocycles. The molecule has 4 aromatic heterocycles. The quantitative estimate of drug-likeness (QED) is 0.214. The molecular formula is C32H17N5. The van der Waals surface area contributed by atoms with E-state index in [1.807, 2.05) is 0 Å². The molecule has 0 N–H and O–H groups in total. The number of imidazole rings is 4. The van der Waals surface area contributed by atoms with Crippen LogP contribution in [0.4, 0.5) is 0 Å². The summed E-state index contributed by atoms with van der Waals surface area (Å²) in [5, 5.41) is 7.30. The Kier molecular flexibility index (Phi) is 2.93. The van der Waals surface area contributed by atoms with Crippen LogP contribution in [0.5, 0.6) is 0 Å². The molecule has 10 rings (SSSR count). The van der Waals surface area contributed by atoms with E-state index in [0.717, 1.165) is 50.2 Å². The van der Waals surface area contributed by atoms with E-state index >= 15 is 0 Å². The minimum atomic E-state index is 0.900. The topological polar surface area (TPSA) is 39.0 Å². The second-order valence-corrected chi connectivity index (χ2v) is 9.92. The Morgan fingerprint density at radius 1 is 0.405 bits per heavy atom. The van der Waals surface area contributed by atoms with Gasteiger partial charge in [-0.2, -0.15) is 0 Å². The highest BCUT2D eigenvalue weighted by molar-refractivity contribution is 6.25. The van der Waals surface area contributed by atoms with E-state index < -0.39 is 0 Å². The van der Waals surface area contributed by atoms with Crippen LogP contribution in [0, 0.1) is 0 Å². The number of hydrogen-bond donors (Lipinski definition) is 0. The summed E-state index contributed by atoms with van der Waals surface area (Å²) in [5.74, 6) is 1.80. The first-order valence-electron chi connectivity index (χ1n) is 12.5. The molecule has 170 valence electrons. The van der Waals surface area contributed by atoms with Crippen LogP contribution in [0.2, 0.25) is 0 Å². The summed E-state index contributed by atoms with van der Waals surface area (Å²) < 4.78 is 6.91. The van der Waals surface area contributed by atoms with E-state index in [1.54, 1.807) is 0 Å². The summed E-state index contributed by atoms with van der Waals surface area (Å²) in [7, 11) is 0. The van der Waals surface area contributed by atoms with Crippen LogP contribution in [0.25, 0.3) is 82.5 Å². The van der Waals surface area contributed by atoms with Crippen molar-refractivity contribution in [2.75, 3.05) is 0 Å². The molecule has 0 aliphatic carbocycles. The zero-order valence-electron chi connectivity index (χ0n) is 19.6. The van der Waals surface area contributed by atoms with E-state index in [1.165, 1.54) is 32.3 Å². The Balaban J connectivity index is 1.54. The summed E-state index contributed by atoms with van der Waals surface area (Å²) in [6, 6.07) is 36.7. The first-order chi connectivity index (χ1) is 18.4. The zero-order chi connectivity index (χ0) is 23.8. The fraction of sp³-hybridized carbons (Fsp3) is 0. The summed E-state index contributed by atoms with van der Waals surface area (Å²) in [6.45, 7) is 0. The lowest BCUT2D eigenvalue weighted by molar-refractivity contribution is 1.15. The van der Waals surface area contributed by atoms with Crippen molar-refractivity contribution in [1.82, 2.24) is 23.2 Å². The van der Waals surface area contributed by atoms with Crippen LogP contribution >= 0.6 is 0 Å². The maximum atomic E-state index is 5.34. The van der Waals surface area contributed by atoms with Gasteiger partial charge in [0.05, 0.1) is 33.1 Å². The van der Waals surface area contributed by atoms with Crippen molar-refractivity contribution in [2.45, 2.75) is 0 Å². The molecule has 5 nitrogen and oxygen atoms in total. The second-order valence-electron chi connectivity index (χ2n) is 9.92. The molecule has 0 aliphatic heterocycles. The third-order valence-electron chi connectivity index (χ3n) is 8.14. The number of fused-ring (bicyclic) bond motifs is 17. The number of para-hydroxylation sites is 1. The van der Waals surface area contributed by atoms with Gasteiger partial charge in [-0.25, -0.2) is 14.4 Å². The highest BCUT2D eigenvalue weighted by Crippen LogP contribution is 2.40. The summed E-state index contributed by atoms with van der Waals surface area (Å²) >= 11 is 0. The van der Waals surface area contributed by atoms with Gasteiger partial charge in [-0.15, -0.1) is 0 Å². The largest absolute Gasteiger partial charge is 0.275 e. The minimum Gasteiger partial charge on any atom is -0.275 e. The lowest BCUT2D eigenvalue weighted by atomic mass is 10.00. The van der Waals surface area contributed by atoms with Gasteiger partial charge >= 0.3 is 0 Å². The number of nitrogens with zero attached hydrogens (tertiary/aromatic N) is 5. The van der Waals surface area contributed by atoms with E-state index in [4.69, 9.17) is 9.97 Å². The zero-order valence-corrected chi connectivity index (χ0v) is 19.6. The monoisotopic (exact) mass is 471 g/mol. The predicted molar refractivity (Wildman–Crippen MR) is 151 cm³/mol. The third kappa shape index (κ3) is 1.94. The average molecular weight is 472 g/mol. The highest BCUT2D eigenvalue weighted by atomic mass is 15.3. The van der Waals surface area contributed by atoms with Crippen LogP contribution < -0.4 is 0 Å². The standard InChI is InChI=1S/C32H17N5/c1-2-9-19-18(8-1)16-17-24-28(19)35-25-14-7-15-26-30(25)37(31(35)33-24)32-34-27-22-12-5-3-10-20(22)21-11-4-6-13-23(21)29(27)36(26)32/h1-17H. The van der Waals surface area contributed by atoms with Crippen LogP contribution in [-0.4, -0.2) is 23.2 Å². The molecule has 0 unspecified atom stereocenters. The number of hydrogen-bond acceptors (Lipinski definition) is 2. The molecule has 0 spiro atoms. The molecule has 0 radical (unpaired) electrons. The molecule has 0 saturated heterocycles. The Labute approximate surface area is 208 Å². The average Bonchev–Trinajstić information content (AvgIpc) is 3.68. The van der Waals surface area contributed by atoms with Gasteiger partial charge in [0, 0.05) is 16.2 Å². The number of benzene rings is 6. The second kappa shape index (κ2) is 5.97. The normalized spacial score (nSPS) is 12.9. The summed E-state index contributed by atoms with van der Waals surface area (Å²) in [5.41, 5.74) is 7.77. The van der Waals surface area contributed by atoms with Gasteiger partial charge in [0.2, 0.25) is 11.6 Å². The Bertz CT molecular complexity index is 2580.